The Hall–Kier alpha value is -0.530. The van der Waals surface area contributed by atoms with Gasteiger partial charge in [-0.1, -0.05) is 104 Å². The first-order chi connectivity index (χ1) is 12.7. The van der Waals surface area contributed by atoms with E-state index in [2.05, 4.69) is 27.7 Å². The lowest BCUT2D eigenvalue weighted by Gasteiger charge is -2.25. The first-order valence-corrected chi connectivity index (χ1v) is 12.0. The molecule has 2 nitrogen and oxygen atoms in total. The maximum absolute atomic E-state index is 12.8. The predicted molar refractivity (Wildman–Crippen MR) is 117 cm³/mol. The summed E-state index contributed by atoms with van der Waals surface area (Å²) in [5.74, 6) is 0.702. The zero-order chi connectivity index (χ0) is 19.5. The van der Waals surface area contributed by atoms with Crippen molar-refractivity contribution in [3.8, 4) is 0 Å². The lowest BCUT2D eigenvalue weighted by atomic mass is 9.92. The molecular formula is C24H49NO. The number of carbonyl (C=O) groups excluding carboxylic acids is 1. The van der Waals surface area contributed by atoms with Crippen molar-refractivity contribution >= 4 is 5.91 Å². The zero-order valence-corrected chi connectivity index (χ0v) is 18.7. The fourth-order valence-electron chi connectivity index (χ4n) is 3.88. The Morgan fingerprint density at radius 1 is 0.577 bits per heavy atom. The first kappa shape index (κ1) is 25.5. The lowest BCUT2D eigenvalue weighted by molar-refractivity contribution is -0.135. The van der Waals surface area contributed by atoms with E-state index in [-0.39, 0.29) is 5.92 Å². The second-order valence-electron chi connectivity index (χ2n) is 8.03. The van der Waals surface area contributed by atoms with Crippen LogP contribution in [0.1, 0.15) is 130 Å². The van der Waals surface area contributed by atoms with Crippen LogP contribution in [0.15, 0.2) is 0 Å². The molecule has 2 heteroatoms. The molecule has 26 heavy (non-hydrogen) atoms. The standard InChI is InChI=1S/C24H49NO/c1-5-9-11-13-15-16-18-20-22-23(24(26)25(7-3)8-4)21-19-17-14-12-10-6-2/h23H,5-22H2,1-4H3. The summed E-state index contributed by atoms with van der Waals surface area (Å²) in [5, 5.41) is 0. The number of carbonyl (C=O) groups is 1. The molecule has 0 aromatic rings. The fourth-order valence-corrected chi connectivity index (χ4v) is 3.88. The van der Waals surface area contributed by atoms with Crippen LogP contribution in [-0.2, 0) is 4.79 Å². The molecule has 0 heterocycles. The first-order valence-electron chi connectivity index (χ1n) is 12.0. The summed E-state index contributed by atoms with van der Waals surface area (Å²) < 4.78 is 0. The van der Waals surface area contributed by atoms with E-state index in [1.807, 2.05) is 4.90 Å². The number of amides is 1. The molecule has 0 aliphatic carbocycles. The van der Waals surface area contributed by atoms with Crippen molar-refractivity contribution in [2.75, 3.05) is 13.1 Å². The Labute approximate surface area is 165 Å². The van der Waals surface area contributed by atoms with E-state index in [0.717, 1.165) is 25.9 Å². The van der Waals surface area contributed by atoms with Crippen LogP contribution in [-0.4, -0.2) is 23.9 Å². The van der Waals surface area contributed by atoms with E-state index in [1.54, 1.807) is 0 Å². The zero-order valence-electron chi connectivity index (χ0n) is 18.7. The molecule has 0 N–H and O–H groups in total. The second kappa shape index (κ2) is 19.2. The monoisotopic (exact) mass is 367 g/mol. The van der Waals surface area contributed by atoms with E-state index in [1.165, 1.54) is 89.9 Å². The van der Waals surface area contributed by atoms with Crippen LogP contribution in [0.2, 0.25) is 0 Å². The fraction of sp³-hybridized carbons (Fsp3) is 0.958. The van der Waals surface area contributed by atoms with Crippen molar-refractivity contribution in [2.24, 2.45) is 5.92 Å². The molecule has 0 saturated heterocycles. The van der Waals surface area contributed by atoms with Gasteiger partial charge in [0.25, 0.3) is 0 Å². The molecule has 156 valence electrons. The van der Waals surface area contributed by atoms with Crippen molar-refractivity contribution < 1.29 is 4.79 Å². The summed E-state index contributed by atoms with van der Waals surface area (Å²) in [6.07, 6.45) is 20.9. The molecule has 0 aromatic carbocycles. The van der Waals surface area contributed by atoms with Crippen LogP contribution >= 0.6 is 0 Å². The van der Waals surface area contributed by atoms with Crippen LogP contribution in [0.5, 0.6) is 0 Å². The van der Waals surface area contributed by atoms with Gasteiger partial charge in [-0.3, -0.25) is 4.79 Å². The van der Waals surface area contributed by atoms with E-state index < -0.39 is 0 Å². The minimum absolute atomic E-state index is 0.279. The van der Waals surface area contributed by atoms with E-state index in [4.69, 9.17) is 0 Å². The average molecular weight is 368 g/mol. The van der Waals surface area contributed by atoms with E-state index >= 15 is 0 Å². The molecule has 0 bridgehead atoms. The van der Waals surface area contributed by atoms with Gasteiger partial charge in [0.15, 0.2) is 0 Å². The van der Waals surface area contributed by atoms with Gasteiger partial charge in [-0.25, -0.2) is 0 Å². The van der Waals surface area contributed by atoms with E-state index in [9.17, 15) is 4.79 Å². The highest BCUT2D eigenvalue weighted by Gasteiger charge is 2.21. The summed E-state index contributed by atoms with van der Waals surface area (Å²) in [7, 11) is 0. The summed E-state index contributed by atoms with van der Waals surface area (Å²) >= 11 is 0. The van der Waals surface area contributed by atoms with Gasteiger partial charge in [-0.2, -0.15) is 0 Å². The van der Waals surface area contributed by atoms with Gasteiger partial charge in [-0.05, 0) is 26.7 Å². The molecule has 1 unspecified atom stereocenters. The van der Waals surface area contributed by atoms with Crippen molar-refractivity contribution in [2.45, 2.75) is 130 Å². The third-order valence-electron chi connectivity index (χ3n) is 5.74. The summed E-state index contributed by atoms with van der Waals surface area (Å²) in [5.41, 5.74) is 0. The molecule has 0 aromatic heterocycles. The van der Waals surface area contributed by atoms with Gasteiger partial charge in [0.2, 0.25) is 5.91 Å². The lowest BCUT2D eigenvalue weighted by Crippen LogP contribution is -2.36. The van der Waals surface area contributed by atoms with Gasteiger partial charge in [-0.15, -0.1) is 0 Å². The maximum Gasteiger partial charge on any atom is 0.225 e. The smallest absolute Gasteiger partial charge is 0.225 e. The van der Waals surface area contributed by atoms with Crippen LogP contribution in [0.3, 0.4) is 0 Å². The van der Waals surface area contributed by atoms with Gasteiger partial charge in [0.05, 0.1) is 0 Å². The largest absolute Gasteiger partial charge is 0.343 e. The second-order valence-corrected chi connectivity index (χ2v) is 8.03. The Balaban J connectivity index is 4.09. The third-order valence-corrected chi connectivity index (χ3v) is 5.74. The van der Waals surface area contributed by atoms with Crippen molar-refractivity contribution in [3.63, 3.8) is 0 Å². The molecule has 0 fully saturated rings. The molecule has 0 aliphatic rings. The Bertz CT molecular complexity index is 299. The van der Waals surface area contributed by atoms with Crippen LogP contribution in [0.4, 0.5) is 0 Å². The van der Waals surface area contributed by atoms with E-state index in [0.29, 0.717) is 5.91 Å². The average Bonchev–Trinajstić information content (AvgIpc) is 2.65. The normalized spacial score (nSPS) is 12.3. The minimum Gasteiger partial charge on any atom is -0.343 e. The minimum atomic E-state index is 0.279. The Morgan fingerprint density at radius 3 is 1.27 bits per heavy atom. The van der Waals surface area contributed by atoms with Crippen LogP contribution < -0.4 is 0 Å². The van der Waals surface area contributed by atoms with Gasteiger partial charge >= 0.3 is 0 Å². The molecule has 0 spiro atoms. The number of hydrogen-bond acceptors (Lipinski definition) is 1. The summed E-state index contributed by atoms with van der Waals surface area (Å²) in [4.78, 5) is 14.9. The Morgan fingerprint density at radius 2 is 0.923 bits per heavy atom. The number of hydrogen-bond donors (Lipinski definition) is 0. The van der Waals surface area contributed by atoms with Crippen LogP contribution in [0.25, 0.3) is 0 Å². The molecule has 1 amide bonds. The van der Waals surface area contributed by atoms with Crippen LogP contribution in [0, 0.1) is 5.92 Å². The quantitative estimate of drug-likeness (QED) is 0.214. The number of unbranched alkanes of at least 4 members (excludes halogenated alkanes) is 12. The summed E-state index contributed by atoms with van der Waals surface area (Å²) in [6.45, 7) is 10.5. The highest BCUT2D eigenvalue weighted by atomic mass is 16.2. The van der Waals surface area contributed by atoms with Gasteiger partial charge in [0.1, 0.15) is 0 Å². The molecule has 0 saturated carbocycles. The Kier molecular flexibility index (Phi) is 18.8. The molecule has 0 rings (SSSR count). The van der Waals surface area contributed by atoms with Crippen molar-refractivity contribution in [1.82, 2.24) is 4.90 Å². The molecule has 1 atom stereocenters. The molecular weight excluding hydrogens is 318 g/mol. The number of rotatable bonds is 19. The van der Waals surface area contributed by atoms with Gasteiger partial charge in [0, 0.05) is 19.0 Å². The molecule has 0 aliphatic heterocycles. The maximum atomic E-state index is 12.8. The third kappa shape index (κ3) is 13.6. The predicted octanol–water partition coefficient (Wildman–Crippen LogP) is 7.75. The summed E-state index contributed by atoms with van der Waals surface area (Å²) in [6, 6.07) is 0. The highest BCUT2D eigenvalue weighted by Crippen LogP contribution is 2.21. The van der Waals surface area contributed by atoms with Crippen molar-refractivity contribution in [1.29, 1.82) is 0 Å². The van der Waals surface area contributed by atoms with Gasteiger partial charge < -0.3 is 4.90 Å². The highest BCUT2D eigenvalue weighted by molar-refractivity contribution is 5.78. The number of nitrogens with zero attached hydrogens (tertiary/aromatic N) is 1. The topological polar surface area (TPSA) is 20.3 Å². The molecule has 0 radical (unpaired) electrons. The van der Waals surface area contributed by atoms with Crippen molar-refractivity contribution in [3.05, 3.63) is 0 Å². The SMILES string of the molecule is CCCCCCCCCCC(CCCCCCCC)C(=O)N(CC)CC.